The summed E-state index contributed by atoms with van der Waals surface area (Å²) in [5.74, 6) is -0.0756. The molecule has 2 aromatic carbocycles. The number of hydrogen-bond donors (Lipinski definition) is 1. The molecule has 3 aromatic rings. The molecule has 1 amide bonds. The van der Waals surface area contributed by atoms with Crippen molar-refractivity contribution in [3.05, 3.63) is 59.0 Å². The molecule has 0 spiro atoms. The van der Waals surface area contributed by atoms with E-state index in [9.17, 15) is 4.79 Å². The fraction of sp³-hybridized carbons (Fsp3) is 0.211. The molecule has 0 bridgehead atoms. The molecule has 1 heterocycles. The third-order valence-electron chi connectivity index (χ3n) is 3.75. The Morgan fingerprint density at radius 2 is 1.82 bits per heavy atom. The van der Waals surface area contributed by atoms with E-state index in [1.807, 2.05) is 24.3 Å². The lowest BCUT2D eigenvalue weighted by atomic mass is 10.0. The van der Waals surface area contributed by atoms with E-state index in [0.29, 0.717) is 18.7 Å². The van der Waals surface area contributed by atoms with Crippen LogP contribution >= 0.6 is 88.1 Å². The van der Waals surface area contributed by atoms with Gasteiger partial charge in [-0.05, 0) is 34.7 Å². The van der Waals surface area contributed by atoms with Crippen molar-refractivity contribution in [1.82, 2.24) is 5.32 Å². The normalized spacial score (nSPS) is 9.36. The lowest BCUT2D eigenvalue weighted by Gasteiger charge is -2.08. The summed E-state index contributed by atoms with van der Waals surface area (Å²) < 4.78 is 6.22. The first-order valence-corrected chi connectivity index (χ1v) is 9.61. The lowest BCUT2D eigenvalue weighted by Crippen LogP contribution is -2.26. The maximum Gasteiger partial charge on any atom is 0.251 e. The molecular weight excluding hydrogens is 657 g/mol. The Kier molecular flexibility index (Phi) is 16.3. The molecule has 28 heavy (non-hydrogen) atoms. The first-order chi connectivity index (χ1) is 11.7. The molecule has 1 atom stereocenters. The zero-order valence-corrected chi connectivity index (χ0v) is 24.2. The quantitative estimate of drug-likeness (QED) is 0.180. The Labute approximate surface area is 213 Å². The number of carbonyl (C=O) groups is 1. The van der Waals surface area contributed by atoms with Gasteiger partial charge in [-0.3, -0.25) is 4.79 Å². The van der Waals surface area contributed by atoms with Gasteiger partial charge < -0.3 is 10.1 Å². The Morgan fingerprint density at radius 1 is 1.11 bits per heavy atom. The number of ether oxygens (including phenoxy) is 1. The van der Waals surface area contributed by atoms with Gasteiger partial charge in [0.1, 0.15) is 0 Å². The number of rotatable bonds is 6. The van der Waals surface area contributed by atoms with Crippen molar-refractivity contribution < 1.29 is 9.53 Å². The second-order valence-corrected chi connectivity index (χ2v) is 7.10. The van der Waals surface area contributed by atoms with Crippen LogP contribution in [0.15, 0.2) is 48.5 Å². The smallest absolute Gasteiger partial charge is 0.251 e. The van der Waals surface area contributed by atoms with E-state index in [1.165, 1.54) is 15.0 Å². The highest BCUT2D eigenvalue weighted by molar-refractivity contribution is 9.08. The van der Waals surface area contributed by atoms with E-state index in [2.05, 4.69) is 45.5 Å². The molecule has 1 aromatic heterocycles. The largest absolute Gasteiger partial charge is 0.383 e. The summed E-state index contributed by atoms with van der Waals surface area (Å²) in [6.45, 7) is 1.02. The molecule has 0 aliphatic heterocycles. The second-order valence-electron chi connectivity index (χ2n) is 5.40. The van der Waals surface area contributed by atoms with Gasteiger partial charge in [0.15, 0.2) is 0 Å². The molecular formula is C19H24Br4NO2PS. The van der Waals surface area contributed by atoms with Gasteiger partial charge in [0.25, 0.3) is 5.91 Å². The van der Waals surface area contributed by atoms with Gasteiger partial charge in [0, 0.05) is 34.1 Å². The number of thiophene rings is 1. The highest BCUT2D eigenvalue weighted by Crippen LogP contribution is 2.35. The molecule has 156 valence electrons. The molecule has 9 heteroatoms. The SMILES string of the molecule is Br.Br.Br.COCCNC(=O)c1cccc(-c2cccc3cc(CBr)sc23)c1.P. The minimum absolute atomic E-state index is 0. The topological polar surface area (TPSA) is 38.3 Å². The Balaban J connectivity index is 0. The monoisotopic (exact) mass is 677 g/mol. The van der Waals surface area contributed by atoms with E-state index >= 15 is 0 Å². The first kappa shape index (κ1) is 30.4. The molecule has 0 radical (unpaired) electrons. The van der Waals surface area contributed by atoms with Crippen LogP contribution in [0.3, 0.4) is 0 Å². The number of amides is 1. The first-order valence-electron chi connectivity index (χ1n) is 7.68. The van der Waals surface area contributed by atoms with Crippen LogP contribution in [0, 0.1) is 0 Å². The number of methoxy groups -OCH3 is 1. The van der Waals surface area contributed by atoms with Crippen LogP contribution in [0.2, 0.25) is 0 Å². The van der Waals surface area contributed by atoms with Crippen molar-refractivity contribution in [3.63, 3.8) is 0 Å². The summed E-state index contributed by atoms with van der Waals surface area (Å²) in [6, 6.07) is 16.3. The summed E-state index contributed by atoms with van der Waals surface area (Å²) in [4.78, 5) is 13.5. The highest BCUT2D eigenvalue weighted by Gasteiger charge is 2.10. The predicted octanol–water partition coefficient (Wildman–Crippen LogP) is 6.63. The minimum Gasteiger partial charge on any atom is -0.383 e. The maximum absolute atomic E-state index is 12.2. The van der Waals surface area contributed by atoms with E-state index < -0.39 is 0 Å². The van der Waals surface area contributed by atoms with Crippen LogP contribution in [0.5, 0.6) is 0 Å². The van der Waals surface area contributed by atoms with Crippen molar-refractivity contribution >= 4 is 104 Å². The van der Waals surface area contributed by atoms with Gasteiger partial charge in [-0.15, -0.1) is 62.3 Å². The number of alkyl halides is 1. The molecule has 0 saturated carbocycles. The summed E-state index contributed by atoms with van der Waals surface area (Å²) in [5, 5.41) is 4.95. The number of benzene rings is 2. The Morgan fingerprint density at radius 3 is 2.50 bits per heavy atom. The van der Waals surface area contributed by atoms with Crippen LogP contribution in [-0.2, 0) is 10.1 Å². The van der Waals surface area contributed by atoms with Gasteiger partial charge in [0.2, 0.25) is 0 Å². The summed E-state index contributed by atoms with van der Waals surface area (Å²) >= 11 is 5.31. The fourth-order valence-electron chi connectivity index (χ4n) is 2.61. The lowest BCUT2D eigenvalue weighted by molar-refractivity contribution is 0.0937. The van der Waals surface area contributed by atoms with Crippen LogP contribution in [0.1, 0.15) is 15.2 Å². The maximum atomic E-state index is 12.2. The highest BCUT2D eigenvalue weighted by atomic mass is 79.9. The minimum atomic E-state index is -0.0756. The zero-order chi connectivity index (χ0) is 16.9. The van der Waals surface area contributed by atoms with Crippen LogP contribution in [0.25, 0.3) is 21.2 Å². The molecule has 0 saturated heterocycles. The standard InChI is InChI=1S/C19H18BrNO2S.3BrH.H3P/c1-23-9-8-21-19(22)15-6-2-4-13(10-15)17-7-3-5-14-11-16(12-20)24-18(14)17;;;;/h2-7,10-11H,8-9,12H2,1H3,(H,21,22);3*1H;1H3. The van der Waals surface area contributed by atoms with E-state index in [1.54, 1.807) is 18.4 Å². The third-order valence-corrected chi connectivity index (χ3v) is 5.91. The van der Waals surface area contributed by atoms with Gasteiger partial charge >= 0.3 is 0 Å². The average molecular weight is 681 g/mol. The van der Waals surface area contributed by atoms with Gasteiger partial charge in [-0.25, -0.2) is 0 Å². The summed E-state index contributed by atoms with van der Waals surface area (Å²) in [6.07, 6.45) is 0. The van der Waals surface area contributed by atoms with E-state index in [4.69, 9.17) is 4.74 Å². The Bertz CT molecular complexity index is 876. The number of hydrogen-bond acceptors (Lipinski definition) is 3. The average Bonchev–Trinajstić information content (AvgIpc) is 3.05. The number of nitrogens with one attached hydrogen (secondary N) is 1. The van der Waals surface area contributed by atoms with E-state index in [0.717, 1.165) is 16.5 Å². The van der Waals surface area contributed by atoms with Crippen molar-refractivity contribution in [2.24, 2.45) is 0 Å². The van der Waals surface area contributed by atoms with Crippen molar-refractivity contribution in [2.75, 3.05) is 20.3 Å². The molecule has 3 rings (SSSR count). The van der Waals surface area contributed by atoms with Crippen LogP contribution in [-0.4, -0.2) is 26.2 Å². The molecule has 1 unspecified atom stereocenters. The van der Waals surface area contributed by atoms with Crippen LogP contribution in [0.4, 0.5) is 0 Å². The molecule has 3 nitrogen and oxygen atoms in total. The molecule has 0 fully saturated rings. The summed E-state index contributed by atoms with van der Waals surface area (Å²) in [5.41, 5.74) is 2.89. The predicted molar refractivity (Wildman–Crippen MR) is 146 cm³/mol. The molecule has 0 aliphatic rings. The third kappa shape index (κ3) is 7.46. The van der Waals surface area contributed by atoms with Crippen LogP contribution < -0.4 is 5.32 Å². The summed E-state index contributed by atoms with van der Waals surface area (Å²) in [7, 11) is 1.62. The number of carbonyl (C=O) groups excluding carboxylic acids is 1. The molecule has 0 aliphatic carbocycles. The Hall–Kier alpha value is 0.180. The number of halogens is 4. The van der Waals surface area contributed by atoms with Gasteiger partial charge in [0.05, 0.1) is 6.61 Å². The van der Waals surface area contributed by atoms with Gasteiger partial charge in [-0.2, -0.15) is 9.90 Å². The van der Waals surface area contributed by atoms with Gasteiger partial charge in [-0.1, -0.05) is 46.3 Å². The fourth-order valence-corrected chi connectivity index (χ4v) is 4.15. The number of fused-ring (bicyclic) bond motifs is 1. The van der Waals surface area contributed by atoms with Crippen molar-refractivity contribution in [2.45, 2.75) is 5.33 Å². The zero-order valence-electron chi connectivity index (χ0n) is 15.3. The molecule has 1 N–H and O–H groups in total. The van der Waals surface area contributed by atoms with Crippen molar-refractivity contribution in [3.8, 4) is 11.1 Å². The van der Waals surface area contributed by atoms with Crippen molar-refractivity contribution in [1.29, 1.82) is 0 Å². The second kappa shape index (κ2) is 15.1. The van der Waals surface area contributed by atoms with E-state index in [-0.39, 0.29) is 66.8 Å².